The second-order valence-electron chi connectivity index (χ2n) is 8.77. The van der Waals surface area contributed by atoms with Crippen LogP contribution in [0.5, 0.6) is 0 Å². The van der Waals surface area contributed by atoms with E-state index in [2.05, 4.69) is 20.4 Å². The van der Waals surface area contributed by atoms with Gasteiger partial charge in [-0.05, 0) is 70.0 Å². The van der Waals surface area contributed by atoms with E-state index < -0.39 is 0 Å². The Hall–Kier alpha value is -3.26. The highest BCUT2D eigenvalue weighted by Crippen LogP contribution is 2.33. The average molecular weight is 453 g/mol. The molecule has 1 saturated heterocycles. The molecule has 1 aromatic carbocycles. The van der Waals surface area contributed by atoms with Crippen molar-refractivity contribution >= 4 is 11.6 Å². The van der Waals surface area contributed by atoms with Gasteiger partial charge < -0.3 is 19.5 Å². The molecule has 4 rings (SSSR count). The minimum Gasteiger partial charge on any atom is -0.372 e. The molecule has 7 nitrogen and oxygen atoms in total. The number of rotatable bonds is 5. The van der Waals surface area contributed by atoms with Crippen LogP contribution < -0.4 is 10.2 Å². The first kappa shape index (κ1) is 22.9. The van der Waals surface area contributed by atoms with E-state index >= 15 is 4.39 Å². The van der Waals surface area contributed by atoms with Crippen LogP contribution in [-0.2, 0) is 11.3 Å². The Morgan fingerprint density at radius 3 is 2.36 bits per heavy atom. The van der Waals surface area contributed by atoms with Gasteiger partial charge in [0.2, 0.25) is 0 Å². The molecule has 3 aromatic rings. The van der Waals surface area contributed by atoms with Crippen molar-refractivity contribution in [1.29, 1.82) is 0 Å². The Morgan fingerprint density at radius 1 is 1.09 bits per heavy atom. The quantitative estimate of drug-likeness (QED) is 0.620. The van der Waals surface area contributed by atoms with E-state index in [1.807, 2.05) is 45.9 Å². The van der Waals surface area contributed by atoms with E-state index in [4.69, 9.17) is 9.26 Å². The van der Waals surface area contributed by atoms with Crippen LogP contribution in [0.2, 0.25) is 0 Å². The highest BCUT2D eigenvalue weighted by Gasteiger charge is 2.25. The number of pyridine rings is 1. The maximum Gasteiger partial charge on any atom is 0.273 e. The minimum atomic E-state index is -0.376. The van der Waals surface area contributed by atoms with Gasteiger partial charge in [-0.25, -0.2) is 4.39 Å². The second kappa shape index (κ2) is 9.31. The Morgan fingerprint density at radius 2 is 1.76 bits per heavy atom. The van der Waals surface area contributed by atoms with Crippen LogP contribution in [0, 0.1) is 26.6 Å². The number of carbonyl (C=O) groups is 1. The fourth-order valence-corrected chi connectivity index (χ4v) is 4.40. The monoisotopic (exact) mass is 452 g/mol. The summed E-state index contributed by atoms with van der Waals surface area (Å²) < 4.78 is 26.5. The van der Waals surface area contributed by atoms with E-state index in [9.17, 15) is 4.79 Å². The summed E-state index contributed by atoms with van der Waals surface area (Å²) in [5, 5.41) is 6.62. The topological polar surface area (TPSA) is 80.5 Å². The molecule has 0 unspecified atom stereocenters. The summed E-state index contributed by atoms with van der Waals surface area (Å²) in [5.41, 5.74) is 4.43. The molecule has 1 aliphatic rings. The number of carbonyl (C=O) groups excluding carboxylic acids is 1. The van der Waals surface area contributed by atoms with Crippen LogP contribution in [0.4, 0.5) is 10.1 Å². The Kier molecular flexibility index (Phi) is 6.47. The third-order valence-corrected chi connectivity index (χ3v) is 5.61. The second-order valence-corrected chi connectivity index (χ2v) is 8.77. The number of anilines is 1. The van der Waals surface area contributed by atoms with Gasteiger partial charge in [0.1, 0.15) is 11.6 Å². The third-order valence-electron chi connectivity index (χ3n) is 5.61. The molecular formula is C25H29FN4O3. The predicted octanol–water partition coefficient (Wildman–Crippen LogP) is 4.34. The van der Waals surface area contributed by atoms with E-state index in [0.717, 1.165) is 22.6 Å². The van der Waals surface area contributed by atoms with Crippen molar-refractivity contribution in [2.75, 3.05) is 18.0 Å². The van der Waals surface area contributed by atoms with Crippen molar-refractivity contribution in [3.05, 3.63) is 64.6 Å². The molecule has 174 valence electrons. The Balaban J connectivity index is 1.72. The summed E-state index contributed by atoms with van der Waals surface area (Å²) in [6.07, 6.45) is 0.0843. The van der Waals surface area contributed by atoms with Gasteiger partial charge in [0.25, 0.3) is 5.91 Å². The molecule has 1 N–H and O–H groups in total. The maximum atomic E-state index is 15.6. The Bertz CT molecular complexity index is 1150. The van der Waals surface area contributed by atoms with Gasteiger partial charge in [0, 0.05) is 48.3 Å². The molecule has 0 aliphatic carbocycles. The number of nitrogens with zero attached hydrogens (tertiary/aromatic N) is 3. The lowest BCUT2D eigenvalue weighted by Crippen LogP contribution is -2.45. The molecule has 33 heavy (non-hydrogen) atoms. The number of hydrogen-bond donors (Lipinski definition) is 1. The summed E-state index contributed by atoms with van der Waals surface area (Å²) in [4.78, 5) is 19.1. The fraction of sp³-hybridized carbons (Fsp3) is 0.400. The first-order valence-electron chi connectivity index (χ1n) is 11.1. The smallest absolute Gasteiger partial charge is 0.273 e. The summed E-state index contributed by atoms with van der Waals surface area (Å²) in [7, 11) is 0. The normalized spacial score (nSPS) is 18.4. The highest BCUT2D eigenvalue weighted by molar-refractivity contribution is 5.92. The standard InChI is InChI=1S/C25H29FN4O3/c1-14-6-19(7-15(2)28-14)24-20(11-27-25(31)23-8-16(3)33-29-23)9-21(10-22(24)26)30-12-17(4)32-18(5)13-30/h6-10,17-18H,11-13H2,1-5H3,(H,27,31)/t17-,18+. The molecule has 2 atom stereocenters. The van der Waals surface area contributed by atoms with Crippen LogP contribution in [-0.4, -0.2) is 41.3 Å². The van der Waals surface area contributed by atoms with Crippen LogP contribution in [0.15, 0.2) is 34.9 Å². The van der Waals surface area contributed by atoms with Gasteiger partial charge in [-0.3, -0.25) is 9.78 Å². The van der Waals surface area contributed by atoms with Gasteiger partial charge >= 0.3 is 0 Å². The third kappa shape index (κ3) is 5.22. The van der Waals surface area contributed by atoms with E-state index in [-0.39, 0.29) is 36.2 Å². The first-order chi connectivity index (χ1) is 15.7. The van der Waals surface area contributed by atoms with E-state index in [1.54, 1.807) is 19.1 Å². The van der Waals surface area contributed by atoms with E-state index in [0.29, 0.717) is 30.0 Å². The van der Waals surface area contributed by atoms with Crippen LogP contribution >= 0.6 is 0 Å². The molecular weight excluding hydrogens is 423 g/mol. The lowest BCUT2D eigenvalue weighted by molar-refractivity contribution is -0.00523. The number of ether oxygens (including phenoxy) is 1. The molecule has 8 heteroatoms. The zero-order chi connectivity index (χ0) is 23.7. The zero-order valence-electron chi connectivity index (χ0n) is 19.6. The molecule has 3 heterocycles. The minimum absolute atomic E-state index is 0.0422. The number of amides is 1. The van der Waals surface area contributed by atoms with Gasteiger partial charge in [0.15, 0.2) is 5.69 Å². The van der Waals surface area contributed by atoms with Crippen molar-refractivity contribution in [1.82, 2.24) is 15.5 Å². The van der Waals surface area contributed by atoms with Gasteiger partial charge in [-0.1, -0.05) is 5.16 Å². The lowest BCUT2D eigenvalue weighted by Gasteiger charge is -2.37. The van der Waals surface area contributed by atoms with Gasteiger partial charge in [-0.2, -0.15) is 0 Å². The number of morpholine rings is 1. The van der Waals surface area contributed by atoms with Crippen LogP contribution in [0.1, 0.15) is 47.0 Å². The van der Waals surface area contributed by atoms with E-state index in [1.165, 1.54) is 0 Å². The summed E-state index contributed by atoms with van der Waals surface area (Å²) in [6, 6.07) is 8.80. The summed E-state index contributed by atoms with van der Waals surface area (Å²) in [6.45, 7) is 11.0. The van der Waals surface area contributed by atoms with Crippen molar-refractivity contribution in [2.24, 2.45) is 0 Å². The SMILES string of the molecule is Cc1cc(-c2c(F)cc(N3C[C@@H](C)O[C@@H](C)C3)cc2CNC(=O)c2cc(C)on2)cc(C)n1. The van der Waals surface area contributed by atoms with Gasteiger partial charge in [-0.15, -0.1) is 0 Å². The predicted molar refractivity (Wildman–Crippen MR) is 124 cm³/mol. The average Bonchev–Trinajstić information content (AvgIpc) is 3.16. The molecule has 1 fully saturated rings. The molecule has 0 spiro atoms. The molecule has 0 radical (unpaired) electrons. The van der Waals surface area contributed by atoms with Crippen molar-refractivity contribution in [3.8, 4) is 11.1 Å². The summed E-state index contributed by atoms with van der Waals surface area (Å²) in [5.74, 6) is -0.169. The number of aryl methyl sites for hydroxylation is 3. The van der Waals surface area contributed by atoms with Crippen molar-refractivity contribution in [3.63, 3.8) is 0 Å². The van der Waals surface area contributed by atoms with Gasteiger partial charge in [0.05, 0.1) is 12.2 Å². The molecule has 0 saturated carbocycles. The Labute approximate surface area is 192 Å². The van der Waals surface area contributed by atoms with Crippen LogP contribution in [0.25, 0.3) is 11.1 Å². The molecule has 0 bridgehead atoms. The molecule has 1 aliphatic heterocycles. The number of aromatic nitrogens is 2. The largest absolute Gasteiger partial charge is 0.372 e. The number of hydrogen-bond acceptors (Lipinski definition) is 6. The number of nitrogens with one attached hydrogen (secondary N) is 1. The zero-order valence-corrected chi connectivity index (χ0v) is 19.6. The molecule has 1 amide bonds. The first-order valence-corrected chi connectivity index (χ1v) is 11.1. The lowest BCUT2D eigenvalue weighted by atomic mass is 9.97. The number of benzene rings is 1. The molecule has 2 aromatic heterocycles. The maximum absolute atomic E-state index is 15.6. The summed E-state index contributed by atoms with van der Waals surface area (Å²) >= 11 is 0. The van der Waals surface area contributed by atoms with Crippen LogP contribution in [0.3, 0.4) is 0 Å². The highest BCUT2D eigenvalue weighted by atomic mass is 19.1. The van der Waals surface area contributed by atoms with Crippen molar-refractivity contribution in [2.45, 2.75) is 53.4 Å². The fourth-order valence-electron chi connectivity index (χ4n) is 4.40. The number of halogens is 1. The van der Waals surface area contributed by atoms with Crippen molar-refractivity contribution < 1.29 is 18.4 Å².